The van der Waals surface area contributed by atoms with Crippen molar-refractivity contribution < 1.29 is 14.3 Å². The molecule has 0 bridgehead atoms. The van der Waals surface area contributed by atoms with Crippen molar-refractivity contribution in [2.45, 2.75) is 6.54 Å². The first kappa shape index (κ1) is 19.9. The van der Waals surface area contributed by atoms with Crippen LogP contribution in [0.15, 0.2) is 48.5 Å². The van der Waals surface area contributed by atoms with Crippen LogP contribution in [0.4, 0.5) is 11.4 Å². The Morgan fingerprint density at radius 2 is 1.81 bits per heavy atom. The third-order valence-corrected chi connectivity index (χ3v) is 3.84. The molecule has 0 aliphatic heterocycles. The summed E-state index contributed by atoms with van der Waals surface area (Å²) in [6, 6.07) is 14.8. The van der Waals surface area contributed by atoms with E-state index in [1.54, 1.807) is 18.2 Å². The van der Waals surface area contributed by atoms with Gasteiger partial charge in [0.2, 0.25) is 11.8 Å². The van der Waals surface area contributed by atoms with E-state index in [9.17, 15) is 9.59 Å². The van der Waals surface area contributed by atoms with E-state index in [1.165, 1.54) is 7.11 Å². The Kier molecular flexibility index (Phi) is 7.59. The molecule has 0 fully saturated rings. The van der Waals surface area contributed by atoms with Crippen molar-refractivity contribution in [3.05, 3.63) is 59.1 Å². The topological polar surface area (TPSA) is 70.7 Å². The molecular weight excluding hydrogens is 354 g/mol. The van der Waals surface area contributed by atoms with Crippen molar-refractivity contribution in [3.63, 3.8) is 0 Å². The zero-order valence-electron chi connectivity index (χ0n) is 14.8. The quantitative estimate of drug-likeness (QED) is 0.744. The smallest absolute Gasteiger partial charge is 0.250 e. The van der Waals surface area contributed by atoms with E-state index in [4.69, 9.17) is 16.3 Å². The van der Waals surface area contributed by atoms with Crippen LogP contribution in [0.2, 0.25) is 5.02 Å². The van der Waals surface area contributed by atoms with Crippen molar-refractivity contribution in [3.8, 4) is 0 Å². The van der Waals surface area contributed by atoms with Gasteiger partial charge in [0.15, 0.2) is 0 Å². The molecule has 2 N–H and O–H groups in total. The number of nitrogens with one attached hydrogen (secondary N) is 2. The number of anilines is 2. The molecule has 0 aromatic heterocycles. The molecule has 0 atom stereocenters. The van der Waals surface area contributed by atoms with Gasteiger partial charge in [-0.15, -0.1) is 0 Å². The van der Waals surface area contributed by atoms with Gasteiger partial charge in [0.1, 0.15) is 6.61 Å². The van der Waals surface area contributed by atoms with Gasteiger partial charge >= 0.3 is 0 Å². The zero-order valence-corrected chi connectivity index (χ0v) is 15.5. The van der Waals surface area contributed by atoms with Crippen LogP contribution in [0.5, 0.6) is 0 Å². The number of ether oxygens (including phenoxy) is 1. The average molecular weight is 376 g/mol. The van der Waals surface area contributed by atoms with Crippen LogP contribution >= 0.6 is 11.6 Å². The Bertz CT molecular complexity index is 753. The number of likely N-dealkylation sites (N-methyl/N-ethyl adjacent to an activating group) is 1. The summed E-state index contributed by atoms with van der Waals surface area (Å²) < 4.78 is 4.77. The molecule has 2 aromatic carbocycles. The van der Waals surface area contributed by atoms with Crippen LogP contribution in [0.3, 0.4) is 0 Å². The van der Waals surface area contributed by atoms with E-state index >= 15 is 0 Å². The van der Waals surface area contributed by atoms with Crippen molar-refractivity contribution in [1.29, 1.82) is 0 Å². The lowest BCUT2D eigenvalue weighted by atomic mass is 10.2. The summed E-state index contributed by atoms with van der Waals surface area (Å²) in [5.74, 6) is -0.472. The number of amides is 2. The van der Waals surface area contributed by atoms with Crippen LogP contribution in [-0.2, 0) is 20.9 Å². The fourth-order valence-corrected chi connectivity index (χ4v) is 2.58. The number of methoxy groups -OCH3 is 1. The number of carbonyl (C=O) groups is 2. The third-order valence-electron chi connectivity index (χ3n) is 3.51. The molecule has 0 aliphatic rings. The Labute approximate surface area is 158 Å². The van der Waals surface area contributed by atoms with E-state index in [2.05, 4.69) is 10.6 Å². The van der Waals surface area contributed by atoms with Crippen LogP contribution in [0, 0.1) is 0 Å². The molecule has 7 heteroatoms. The summed E-state index contributed by atoms with van der Waals surface area (Å²) in [4.78, 5) is 25.8. The first-order valence-corrected chi connectivity index (χ1v) is 8.46. The standard InChI is InChI=1S/C19H22ClN3O3/c1-23(11-14-6-4-3-5-7-14)12-18(24)22-17-10-15(8-9-16(17)20)21-19(25)13-26-2/h3-10H,11-13H2,1-2H3,(H,21,25)(H,22,24). The summed E-state index contributed by atoms with van der Waals surface area (Å²) in [7, 11) is 3.31. The molecule has 0 saturated heterocycles. The summed E-state index contributed by atoms with van der Waals surface area (Å²) >= 11 is 6.14. The minimum absolute atomic E-state index is 0.0470. The second-order valence-electron chi connectivity index (χ2n) is 5.88. The van der Waals surface area contributed by atoms with Crippen molar-refractivity contribution in [1.82, 2.24) is 4.90 Å². The predicted molar refractivity (Wildman–Crippen MR) is 103 cm³/mol. The highest BCUT2D eigenvalue weighted by Crippen LogP contribution is 2.25. The normalized spacial score (nSPS) is 10.6. The number of rotatable bonds is 8. The summed E-state index contributed by atoms with van der Waals surface area (Å²) in [5, 5.41) is 5.85. The van der Waals surface area contributed by atoms with Gasteiger partial charge in [-0.3, -0.25) is 14.5 Å². The van der Waals surface area contributed by atoms with Gasteiger partial charge < -0.3 is 15.4 Å². The zero-order chi connectivity index (χ0) is 18.9. The first-order valence-electron chi connectivity index (χ1n) is 8.08. The van der Waals surface area contributed by atoms with Crippen molar-refractivity contribution in [2.75, 3.05) is 37.9 Å². The maximum Gasteiger partial charge on any atom is 0.250 e. The van der Waals surface area contributed by atoms with Crippen LogP contribution in [-0.4, -0.2) is 44.0 Å². The molecule has 0 spiro atoms. The van der Waals surface area contributed by atoms with Gasteiger partial charge in [0.25, 0.3) is 0 Å². The molecule has 2 aromatic rings. The average Bonchev–Trinajstić information content (AvgIpc) is 2.58. The van der Waals surface area contributed by atoms with Gasteiger partial charge in [-0.2, -0.15) is 0 Å². The van der Waals surface area contributed by atoms with E-state index in [-0.39, 0.29) is 25.0 Å². The molecule has 0 radical (unpaired) electrons. The number of nitrogens with zero attached hydrogens (tertiary/aromatic N) is 1. The van der Waals surface area contributed by atoms with E-state index in [1.807, 2.05) is 42.3 Å². The third kappa shape index (κ3) is 6.48. The van der Waals surface area contributed by atoms with Gasteiger partial charge in [-0.1, -0.05) is 41.9 Å². The SMILES string of the molecule is COCC(=O)Nc1ccc(Cl)c(NC(=O)CN(C)Cc2ccccc2)c1. The number of hydrogen-bond donors (Lipinski definition) is 2. The first-order chi connectivity index (χ1) is 12.5. The van der Waals surface area contributed by atoms with Gasteiger partial charge in [0.05, 0.1) is 17.3 Å². The van der Waals surface area contributed by atoms with Crippen molar-refractivity contribution >= 4 is 34.8 Å². The maximum atomic E-state index is 12.3. The van der Waals surface area contributed by atoms with Gasteiger partial charge in [0, 0.05) is 19.3 Å². The lowest BCUT2D eigenvalue weighted by Gasteiger charge is -2.17. The van der Waals surface area contributed by atoms with E-state index in [0.717, 1.165) is 5.56 Å². The fraction of sp³-hybridized carbons (Fsp3) is 0.263. The number of benzene rings is 2. The van der Waals surface area contributed by atoms with Crippen LogP contribution < -0.4 is 10.6 Å². The van der Waals surface area contributed by atoms with Crippen LogP contribution in [0.25, 0.3) is 0 Å². The Hall–Kier alpha value is -2.41. The van der Waals surface area contributed by atoms with E-state index in [0.29, 0.717) is 22.9 Å². The molecule has 138 valence electrons. The van der Waals surface area contributed by atoms with Gasteiger partial charge in [-0.05, 0) is 30.8 Å². The Balaban J connectivity index is 1.94. The Morgan fingerprint density at radius 3 is 2.50 bits per heavy atom. The molecule has 26 heavy (non-hydrogen) atoms. The monoisotopic (exact) mass is 375 g/mol. The van der Waals surface area contributed by atoms with E-state index < -0.39 is 0 Å². The number of carbonyl (C=O) groups excluding carboxylic acids is 2. The molecule has 6 nitrogen and oxygen atoms in total. The fourth-order valence-electron chi connectivity index (χ4n) is 2.41. The summed E-state index contributed by atoms with van der Waals surface area (Å²) in [6.07, 6.45) is 0. The minimum atomic E-state index is -0.283. The second-order valence-corrected chi connectivity index (χ2v) is 6.29. The highest BCUT2D eigenvalue weighted by Gasteiger charge is 2.11. The number of hydrogen-bond acceptors (Lipinski definition) is 4. The largest absolute Gasteiger partial charge is 0.375 e. The molecule has 0 saturated carbocycles. The highest BCUT2D eigenvalue weighted by atomic mass is 35.5. The second kappa shape index (κ2) is 9.91. The minimum Gasteiger partial charge on any atom is -0.375 e. The summed E-state index contributed by atoms with van der Waals surface area (Å²) in [5.41, 5.74) is 2.10. The molecule has 0 aliphatic carbocycles. The van der Waals surface area contributed by atoms with Crippen molar-refractivity contribution in [2.24, 2.45) is 0 Å². The molecule has 0 heterocycles. The molecule has 2 amide bonds. The Morgan fingerprint density at radius 1 is 1.08 bits per heavy atom. The lowest BCUT2D eigenvalue weighted by Crippen LogP contribution is -2.30. The maximum absolute atomic E-state index is 12.3. The molecule has 2 rings (SSSR count). The number of halogens is 1. The van der Waals surface area contributed by atoms with Crippen LogP contribution in [0.1, 0.15) is 5.56 Å². The highest BCUT2D eigenvalue weighted by molar-refractivity contribution is 6.33. The lowest BCUT2D eigenvalue weighted by molar-refractivity contribution is -0.119. The van der Waals surface area contributed by atoms with Gasteiger partial charge in [-0.25, -0.2) is 0 Å². The molecule has 0 unspecified atom stereocenters. The summed E-state index contributed by atoms with van der Waals surface area (Å²) in [6.45, 7) is 0.829. The molecular formula is C19H22ClN3O3. The predicted octanol–water partition coefficient (Wildman–Crippen LogP) is 3.00.